The van der Waals surface area contributed by atoms with E-state index in [4.69, 9.17) is 10.7 Å². The molecule has 0 spiro atoms. The first-order valence-electron chi connectivity index (χ1n) is 20.3. The molecule has 3 nitrogen and oxygen atoms in total. The highest BCUT2D eigenvalue weighted by molar-refractivity contribution is 6.14. The number of hydrogen-bond acceptors (Lipinski definition) is 3. The Bertz CT molecular complexity index is 3070. The van der Waals surface area contributed by atoms with Crippen LogP contribution in [0.3, 0.4) is 0 Å². The molecule has 9 aromatic rings. The first-order chi connectivity index (χ1) is 28.9. The molecule has 0 amide bonds. The Morgan fingerprint density at radius 2 is 1.24 bits per heavy atom. The van der Waals surface area contributed by atoms with Crippen molar-refractivity contribution in [1.29, 1.82) is 0 Å². The quantitative estimate of drug-likeness (QED) is 0.157. The molecule has 0 fully saturated rings. The molecule has 0 bridgehead atoms. The van der Waals surface area contributed by atoms with E-state index in [-0.39, 0.29) is 5.41 Å². The van der Waals surface area contributed by atoms with Gasteiger partial charge in [0.25, 0.3) is 0 Å². The van der Waals surface area contributed by atoms with Gasteiger partial charge < -0.3 is 5.73 Å². The lowest BCUT2D eigenvalue weighted by Gasteiger charge is -2.24. The van der Waals surface area contributed by atoms with Crippen molar-refractivity contribution < 1.29 is 0 Å². The summed E-state index contributed by atoms with van der Waals surface area (Å²) in [7, 11) is 0. The number of fused-ring (bicyclic) bond motifs is 6. The lowest BCUT2D eigenvalue weighted by Crippen LogP contribution is -2.16. The molecule has 8 aromatic carbocycles. The van der Waals surface area contributed by atoms with Crippen molar-refractivity contribution in [3.05, 3.63) is 228 Å². The Hall–Kier alpha value is -7.36. The number of aliphatic imine (C=N–C) groups is 1. The van der Waals surface area contributed by atoms with Crippen molar-refractivity contribution in [2.24, 2.45) is 10.7 Å². The SMILES string of the molecule is CC1(C)c2ccc3ccccc3c2-c2cccc(-c3ccc(-c4ccc(/C(N)=C/C(=NCc5ccccc5)c5ccc(-c6cccnc6)cc5)c5ccccc45)cc3)c21. The molecule has 3 heteroatoms. The van der Waals surface area contributed by atoms with Crippen molar-refractivity contribution >= 4 is 33.0 Å². The van der Waals surface area contributed by atoms with Gasteiger partial charge in [-0.05, 0) is 100 Å². The van der Waals surface area contributed by atoms with Gasteiger partial charge in [-0.25, -0.2) is 0 Å². The standard InChI is InChI=1S/C56H43N3/c1-56(2)51-32-29-39-14-6-7-16-45(39)54(51)50-20-10-19-46(55(50)56)41-25-23-40(24-26-41)44-30-31-49(48-18-9-8-17-47(44)48)52(57)34-53(59-35-37-12-4-3-5-13-37)42-27-21-38(22-28-42)43-15-11-33-58-36-43/h3-34,36H,35,57H2,1-2H3/b52-34-,59-53?. The van der Waals surface area contributed by atoms with E-state index in [1.54, 1.807) is 6.20 Å². The molecular formula is C56H43N3. The third-order valence-corrected chi connectivity index (χ3v) is 12.0. The van der Waals surface area contributed by atoms with Gasteiger partial charge in [0.05, 0.1) is 12.3 Å². The second-order valence-electron chi connectivity index (χ2n) is 16.0. The largest absolute Gasteiger partial charge is 0.398 e. The maximum atomic E-state index is 7.06. The minimum atomic E-state index is -0.126. The molecule has 0 atom stereocenters. The molecule has 1 aliphatic rings. The molecule has 0 aliphatic heterocycles. The topological polar surface area (TPSA) is 51.3 Å². The van der Waals surface area contributed by atoms with Gasteiger partial charge in [0.2, 0.25) is 0 Å². The van der Waals surface area contributed by atoms with Crippen LogP contribution in [0.4, 0.5) is 0 Å². The minimum absolute atomic E-state index is 0.126. The van der Waals surface area contributed by atoms with Gasteiger partial charge >= 0.3 is 0 Å². The third-order valence-electron chi connectivity index (χ3n) is 12.0. The lowest BCUT2D eigenvalue weighted by atomic mass is 9.78. The Balaban J connectivity index is 1.00. The van der Waals surface area contributed by atoms with Crippen LogP contribution in [0, 0.1) is 0 Å². The number of nitrogens with zero attached hydrogens (tertiary/aromatic N) is 2. The van der Waals surface area contributed by atoms with Crippen molar-refractivity contribution in [2.45, 2.75) is 25.8 Å². The van der Waals surface area contributed by atoms with Crippen LogP contribution in [0.5, 0.6) is 0 Å². The Labute approximate surface area is 345 Å². The Kier molecular flexibility index (Phi) is 9.07. The summed E-state index contributed by atoms with van der Waals surface area (Å²) in [5.74, 6) is 0. The zero-order valence-corrected chi connectivity index (χ0v) is 33.2. The van der Waals surface area contributed by atoms with Crippen LogP contribution in [0.15, 0.2) is 205 Å². The van der Waals surface area contributed by atoms with Crippen LogP contribution in [0.25, 0.3) is 71.7 Å². The molecule has 10 rings (SSSR count). The summed E-state index contributed by atoms with van der Waals surface area (Å²) in [5, 5.41) is 4.86. The first-order valence-corrected chi connectivity index (χ1v) is 20.3. The van der Waals surface area contributed by atoms with Gasteiger partial charge in [-0.3, -0.25) is 9.98 Å². The van der Waals surface area contributed by atoms with Crippen LogP contribution in [0.2, 0.25) is 0 Å². The van der Waals surface area contributed by atoms with Crippen LogP contribution >= 0.6 is 0 Å². The van der Waals surface area contributed by atoms with E-state index in [1.165, 1.54) is 55.3 Å². The third kappa shape index (κ3) is 6.51. The summed E-state index contributed by atoms with van der Waals surface area (Å²) in [5.41, 5.74) is 24.1. The number of nitrogens with two attached hydrogens (primary N) is 1. The van der Waals surface area contributed by atoms with E-state index in [9.17, 15) is 0 Å². The summed E-state index contributed by atoms with van der Waals surface area (Å²) in [6.45, 7) is 5.29. The summed E-state index contributed by atoms with van der Waals surface area (Å²) >= 11 is 0. The second kappa shape index (κ2) is 14.9. The molecule has 0 radical (unpaired) electrons. The fraction of sp³-hybridized carbons (Fsp3) is 0.0714. The van der Waals surface area contributed by atoms with E-state index < -0.39 is 0 Å². The summed E-state index contributed by atoms with van der Waals surface area (Å²) in [4.78, 5) is 9.42. The van der Waals surface area contributed by atoms with Crippen LogP contribution in [-0.2, 0) is 12.0 Å². The Morgan fingerprint density at radius 1 is 0.559 bits per heavy atom. The normalized spacial score (nSPS) is 13.4. The fourth-order valence-corrected chi connectivity index (χ4v) is 9.10. The molecular weight excluding hydrogens is 715 g/mol. The van der Waals surface area contributed by atoms with Crippen molar-refractivity contribution in [3.63, 3.8) is 0 Å². The molecule has 1 aromatic heterocycles. The zero-order chi connectivity index (χ0) is 39.9. The lowest BCUT2D eigenvalue weighted by molar-refractivity contribution is 0.662. The predicted molar refractivity (Wildman–Crippen MR) is 248 cm³/mol. The summed E-state index contributed by atoms with van der Waals surface area (Å²) in [6.07, 6.45) is 5.71. The molecule has 2 N–H and O–H groups in total. The molecule has 0 saturated heterocycles. The molecule has 0 saturated carbocycles. The maximum Gasteiger partial charge on any atom is 0.0671 e. The minimum Gasteiger partial charge on any atom is -0.398 e. The average molecular weight is 758 g/mol. The van der Waals surface area contributed by atoms with E-state index in [0.29, 0.717) is 12.2 Å². The molecule has 1 heterocycles. The highest BCUT2D eigenvalue weighted by atomic mass is 14.7. The van der Waals surface area contributed by atoms with Crippen molar-refractivity contribution in [1.82, 2.24) is 4.98 Å². The molecule has 282 valence electrons. The van der Waals surface area contributed by atoms with Crippen LogP contribution in [0.1, 0.15) is 41.7 Å². The highest BCUT2D eigenvalue weighted by Gasteiger charge is 2.38. The highest BCUT2D eigenvalue weighted by Crippen LogP contribution is 2.54. The molecule has 59 heavy (non-hydrogen) atoms. The average Bonchev–Trinajstić information content (AvgIpc) is 3.54. The van der Waals surface area contributed by atoms with Crippen LogP contribution < -0.4 is 5.73 Å². The predicted octanol–water partition coefficient (Wildman–Crippen LogP) is 13.7. The van der Waals surface area contributed by atoms with Crippen LogP contribution in [-0.4, -0.2) is 10.7 Å². The van der Waals surface area contributed by atoms with E-state index >= 15 is 0 Å². The number of aromatic nitrogens is 1. The monoisotopic (exact) mass is 757 g/mol. The van der Waals surface area contributed by atoms with Gasteiger partial charge in [0, 0.05) is 29.1 Å². The summed E-state index contributed by atoms with van der Waals surface area (Å²) < 4.78 is 0. The molecule has 1 aliphatic carbocycles. The maximum absolute atomic E-state index is 7.06. The van der Waals surface area contributed by atoms with Gasteiger partial charge in [0.1, 0.15) is 0 Å². The van der Waals surface area contributed by atoms with Gasteiger partial charge in [-0.1, -0.05) is 190 Å². The van der Waals surface area contributed by atoms with E-state index in [2.05, 4.69) is 177 Å². The second-order valence-corrected chi connectivity index (χ2v) is 16.0. The number of allylic oxidation sites excluding steroid dienone is 1. The zero-order valence-electron chi connectivity index (χ0n) is 33.2. The molecule has 0 unspecified atom stereocenters. The smallest absolute Gasteiger partial charge is 0.0671 e. The number of pyridine rings is 1. The fourth-order valence-electron chi connectivity index (χ4n) is 9.10. The van der Waals surface area contributed by atoms with Crippen molar-refractivity contribution in [2.75, 3.05) is 0 Å². The van der Waals surface area contributed by atoms with Crippen molar-refractivity contribution in [3.8, 4) is 44.5 Å². The Morgan fingerprint density at radius 3 is 2.00 bits per heavy atom. The number of benzene rings is 8. The summed E-state index contributed by atoms with van der Waals surface area (Å²) in [6, 6.07) is 65.1. The van der Waals surface area contributed by atoms with Gasteiger partial charge in [0.15, 0.2) is 0 Å². The van der Waals surface area contributed by atoms with Gasteiger partial charge in [-0.2, -0.15) is 0 Å². The first kappa shape index (κ1) is 36.0. The van der Waals surface area contributed by atoms with E-state index in [1.807, 2.05) is 36.5 Å². The van der Waals surface area contributed by atoms with Gasteiger partial charge in [-0.15, -0.1) is 0 Å². The number of hydrogen-bond donors (Lipinski definition) is 1. The number of rotatable bonds is 8. The van der Waals surface area contributed by atoms with E-state index in [0.717, 1.165) is 44.3 Å².